The number of epoxide rings is 1. The molecule has 0 unspecified atom stereocenters. The molecule has 0 spiro atoms. The molecule has 0 bridgehead atoms. The van der Waals surface area contributed by atoms with Gasteiger partial charge in [-0.15, -0.1) is 0 Å². The molecule has 70 valence electrons. The van der Waals surface area contributed by atoms with Crippen LogP contribution < -0.4 is 0 Å². The van der Waals surface area contributed by atoms with Gasteiger partial charge >= 0.3 is 0 Å². The zero-order chi connectivity index (χ0) is 8.93. The van der Waals surface area contributed by atoms with E-state index in [1.54, 1.807) is 0 Å². The number of aliphatic hydroxyl groups excluding tert-OH is 2. The van der Waals surface area contributed by atoms with Crippen LogP contribution in [0.2, 0.25) is 0 Å². The Morgan fingerprint density at radius 3 is 2.58 bits per heavy atom. The third kappa shape index (κ3) is 1.04. The van der Waals surface area contributed by atoms with Crippen molar-refractivity contribution < 1.29 is 23.7 Å². The van der Waals surface area contributed by atoms with Crippen LogP contribution in [0.5, 0.6) is 0 Å². The minimum atomic E-state index is -3.21. The van der Waals surface area contributed by atoms with Crippen molar-refractivity contribution in [2.75, 3.05) is 6.61 Å². The highest BCUT2D eigenvalue weighted by Crippen LogP contribution is 2.49. The summed E-state index contributed by atoms with van der Waals surface area (Å²) in [6.07, 6.45) is -1.51. The standard InChI is InChI=1S/C7H10F2O3/c8-7(9,2-10)5-3(11)1-4-6(5)12-4/h3-6,10-11H,1-2H2/t3-,4-,5-,6+/m0/s1. The van der Waals surface area contributed by atoms with Crippen molar-refractivity contribution in [2.24, 2.45) is 5.92 Å². The zero-order valence-electron chi connectivity index (χ0n) is 6.28. The molecule has 5 heteroatoms. The zero-order valence-corrected chi connectivity index (χ0v) is 6.28. The molecule has 4 atom stereocenters. The van der Waals surface area contributed by atoms with E-state index in [1.807, 2.05) is 0 Å². The minimum Gasteiger partial charge on any atom is -0.392 e. The van der Waals surface area contributed by atoms with Crippen LogP contribution in [0.4, 0.5) is 8.78 Å². The fraction of sp³-hybridized carbons (Fsp3) is 1.00. The number of alkyl halides is 2. The molecule has 2 fully saturated rings. The van der Waals surface area contributed by atoms with E-state index in [-0.39, 0.29) is 12.5 Å². The van der Waals surface area contributed by atoms with Crippen molar-refractivity contribution >= 4 is 0 Å². The highest BCUT2D eigenvalue weighted by Gasteiger charge is 2.63. The fourth-order valence-corrected chi connectivity index (χ4v) is 1.89. The molecule has 1 aliphatic carbocycles. The van der Waals surface area contributed by atoms with Crippen molar-refractivity contribution in [1.82, 2.24) is 0 Å². The third-order valence-electron chi connectivity index (χ3n) is 2.56. The molecular weight excluding hydrogens is 170 g/mol. The van der Waals surface area contributed by atoms with Crippen molar-refractivity contribution in [3.63, 3.8) is 0 Å². The van der Waals surface area contributed by atoms with Gasteiger partial charge < -0.3 is 14.9 Å². The first-order valence-corrected chi connectivity index (χ1v) is 3.88. The predicted octanol–water partition coefficient (Wildman–Crippen LogP) is -0.238. The molecule has 0 aromatic carbocycles. The summed E-state index contributed by atoms with van der Waals surface area (Å²) in [5.74, 6) is -4.43. The molecule has 3 nitrogen and oxygen atoms in total. The van der Waals surface area contributed by atoms with Crippen LogP contribution in [0.15, 0.2) is 0 Å². The minimum absolute atomic E-state index is 0.206. The largest absolute Gasteiger partial charge is 0.392 e. The lowest BCUT2D eigenvalue weighted by atomic mass is 9.97. The van der Waals surface area contributed by atoms with Crippen LogP contribution in [0.1, 0.15) is 6.42 Å². The second-order valence-corrected chi connectivity index (χ2v) is 3.39. The van der Waals surface area contributed by atoms with E-state index in [1.165, 1.54) is 0 Å². The fourth-order valence-electron chi connectivity index (χ4n) is 1.89. The summed E-state index contributed by atoms with van der Waals surface area (Å²) in [5, 5.41) is 17.6. The SMILES string of the molecule is OCC(F)(F)[C@@H]1[C@@H]2O[C@H]2C[C@@H]1O. The van der Waals surface area contributed by atoms with Gasteiger partial charge in [-0.2, -0.15) is 0 Å². The first-order valence-electron chi connectivity index (χ1n) is 3.88. The number of ether oxygens (including phenoxy) is 1. The Balaban J connectivity index is 2.11. The van der Waals surface area contributed by atoms with Crippen molar-refractivity contribution in [2.45, 2.75) is 30.7 Å². The molecule has 2 rings (SSSR count). The predicted molar refractivity (Wildman–Crippen MR) is 34.8 cm³/mol. The van der Waals surface area contributed by atoms with Gasteiger partial charge in [0, 0.05) is 6.42 Å². The van der Waals surface area contributed by atoms with E-state index in [9.17, 15) is 13.9 Å². The Hall–Kier alpha value is -0.260. The van der Waals surface area contributed by atoms with Crippen LogP contribution in [0, 0.1) is 5.92 Å². The maximum Gasteiger partial charge on any atom is 0.278 e. The average Bonchev–Trinajstić information content (AvgIpc) is 2.62. The molecule has 2 aliphatic rings. The third-order valence-corrected chi connectivity index (χ3v) is 2.56. The van der Waals surface area contributed by atoms with Gasteiger partial charge in [0.25, 0.3) is 5.92 Å². The van der Waals surface area contributed by atoms with Crippen LogP contribution >= 0.6 is 0 Å². The lowest BCUT2D eigenvalue weighted by Crippen LogP contribution is -2.40. The maximum atomic E-state index is 12.9. The molecule has 0 radical (unpaired) electrons. The first kappa shape index (κ1) is 8.34. The number of aliphatic hydroxyl groups is 2. The van der Waals surface area contributed by atoms with Crippen LogP contribution in [-0.2, 0) is 4.74 Å². The van der Waals surface area contributed by atoms with Gasteiger partial charge in [-0.05, 0) is 0 Å². The molecular formula is C7H10F2O3. The Labute approximate surface area is 68.0 Å². The number of rotatable bonds is 2. The molecule has 2 N–H and O–H groups in total. The van der Waals surface area contributed by atoms with Gasteiger partial charge in [0.05, 0.1) is 24.2 Å². The molecule has 1 saturated carbocycles. The second-order valence-electron chi connectivity index (χ2n) is 3.39. The second kappa shape index (κ2) is 2.37. The number of halogens is 2. The molecule has 0 aromatic heterocycles. The van der Waals surface area contributed by atoms with Gasteiger partial charge in [-0.25, -0.2) is 8.78 Å². The number of fused-ring (bicyclic) bond motifs is 1. The first-order chi connectivity index (χ1) is 5.56. The number of hydrogen-bond acceptors (Lipinski definition) is 3. The monoisotopic (exact) mass is 180 g/mol. The van der Waals surface area contributed by atoms with E-state index < -0.39 is 30.7 Å². The molecule has 12 heavy (non-hydrogen) atoms. The maximum absolute atomic E-state index is 12.9. The molecule has 0 aromatic rings. The smallest absolute Gasteiger partial charge is 0.278 e. The Bertz CT molecular complexity index is 195. The van der Waals surface area contributed by atoms with E-state index in [0.29, 0.717) is 0 Å². The van der Waals surface area contributed by atoms with Crippen molar-refractivity contribution in [1.29, 1.82) is 0 Å². The summed E-state index contributed by atoms with van der Waals surface area (Å²) >= 11 is 0. The highest BCUT2D eigenvalue weighted by atomic mass is 19.3. The van der Waals surface area contributed by atoms with E-state index >= 15 is 0 Å². The molecule has 1 aliphatic heterocycles. The molecule has 1 heterocycles. The topological polar surface area (TPSA) is 53.0 Å². The summed E-state index contributed by atoms with van der Waals surface area (Å²) in [7, 11) is 0. The van der Waals surface area contributed by atoms with Crippen molar-refractivity contribution in [3.05, 3.63) is 0 Å². The van der Waals surface area contributed by atoms with Gasteiger partial charge in [0.15, 0.2) is 0 Å². The lowest BCUT2D eigenvalue weighted by molar-refractivity contribution is -0.137. The van der Waals surface area contributed by atoms with Crippen LogP contribution in [0.25, 0.3) is 0 Å². The summed E-state index contributed by atoms with van der Waals surface area (Å²) in [6, 6.07) is 0. The van der Waals surface area contributed by atoms with Crippen molar-refractivity contribution in [3.8, 4) is 0 Å². The van der Waals surface area contributed by atoms with Crippen LogP contribution in [0.3, 0.4) is 0 Å². The summed E-state index contributed by atoms with van der Waals surface area (Å²) in [4.78, 5) is 0. The van der Waals surface area contributed by atoms with Crippen LogP contribution in [-0.4, -0.2) is 41.1 Å². The van der Waals surface area contributed by atoms with Gasteiger partial charge in [0.2, 0.25) is 0 Å². The summed E-state index contributed by atoms with van der Waals surface area (Å²) < 4.78 is 30.7. The van der Waals surface area contributed by atoms with Gasteiger partial charge in [-0.1, -0.05) is 0 Å². The summed E-state index contributed by atoms with van der Waals surface area (Å²) in [6.45, 7) is -1.22. The lowest BCUT2D eigenvalue weighted by Gasteiger charge is -2.24. The Morgan fingerprint density at radius 2 is 2.17 bits per heavy atom. The highest BCUT2D eigenvalue weighted by molar-refractivity contribution is 5.07. The van der Waals surface area contributed by atoms with E-state index in [4.69, 9.17) is 9.84 Å². The quantitative estimate of drug-likeness (QED) is 0.577. The van der Waals surface area contributed by atoms with Gasteiger partial charge in [0.1, 0.15) is 6.61 Å². The molecule has 1 saturated heterocycles. The Kier molecular flexibility index (Phi) is 1.65. The number of hydrogen-bond donors (Lipinski definition) is 2. The molecule has 0 amide bonds. The summed E-state index contributed by atoms with van der Waals surface area (Å²) in [5.41, 5.74) is 0. The average molecular weight is 180 g/mol. The van der Waals surface area contributed by atoms with Gasteiger partial charge in [-0.3, -0.25) is 0 Å². The Morgan fingerprint density at radius 1 is 1.50 bits per heavy atom. The van der Waals surface area contributed by atoms with E-state index in [2.05, 4.69) is 0 Å². The normalized spacial score (nSPS) is 46.0. The van der Waals surface area contributed by atoms with E-state index in [0.717, 1.165) is 0 Å².